The molecule has 0 spiro atoms. The van der Waals surface area contributed by atoms with E-state index in [2.05, 4.69) is 5.32 Å². The number of nitrogens with zero attached hydrogens (tertiary/aromatic N) is 1. The first kappa shape index (κ1) is 15.8. The van der Waals surface area contributed by atoms with Gasteiger partial charge in [0.05, 0.1) is 12.0 Å². The van der Waals surface area contributed by atoms with Crippen LogP contribution in [-0.4, -0.2) is 53.3 Å². The predicted octanol–water partition coefficient (Wildman–Crippen LogP) is 0.884. The maximum absolute atomic E-state index is 11.7. The van der Waals surface area contributed by atoms with Crippen molar-refractivity contribution in [3.63, 3.8) is 0 Å². The first-order valence-electron chi connectivity index (χ1n) is 6.56. The number of nitrogens with one attached hydrogen (secondary N) is 1. The number of rotatable bonds is 2. The van der Waals surface area contributed by atoms with E-state index in [4.69, 9.17) is 4.74 Å². The summed E-state index contributed by atoms with van der Waals surface area (Å²) < 4.78 is 5.21. The lowest BCUT2D eigenvalue weighted by Crippen LogP contribution is -2.50. The van der Waals surface area contributed by atoms with Crippen LogP contribution >= 0.6 is 0 Å². The standard InChI is InChI=1S/C13H24N2O4/c1-12(2,3)19-10(16)9-13(18)5-7-15(8-6-13)11(17)14-4/h18H,5-9H2,1-4H3,(H,14,17). The molecule has 1 heterocycles. The first-order chi connectivity index (χ1) is 8.65. The second kappa shape index (κ2) is 5.77. The van der Waals surface area contributed by atoms with Crippen molar-refractivity contribution in [3.8, 4) is 0 Å². The molecule has 2 amide bonds. The Morgan fingerprint density at radius 1 is 1.32 bits per heavy atom. The largest absolute Gasteiger partial charge is 0.460 e. The molecule has 0 aromatic carbocycles. The van der Waals surface area contributed by atoms with Gasteiger partial charge in [0.2, 0.25) is 0 Å². The van der Waals surface area contributed by atoms with E-state index in [-0.39, 0.29) is 12.5 Å². The van der Waals surface area contributed by atoms with Crippen molar-refractivity contribution in [2.45, 2.75) is 51.2 Å². The zero-order valence-corrected chi connectivity index (χ0v) is 12.2. The number of aliphatic hydroxyl groups is 1. The number of amides is 2. The van der Waals surface area contributed by atoms with E-state index < -0.39 is 17.2 Å². The molecule has 0 aliphatic carbocycles. The third kappa shape index (κ3) is 5.06. The number of carbonyl (C=O) groups excluding carboxylic acids is 2. The molecule has 19 heavy (non-hydrogen) atoms. The average Bonchev–Trinajstić information content (AvgIpc) is 2.25. The Labute approximate surface area is 114 Å². The van der Waals surface area contributed by atoms with E-state index in [1.807, 2.05) is 0 Å². The van der Waals surface area contributed by atoms with Crippen LogP contribution in [0.2, 0.25) is 0 Å². The fourth-order valence-electron chi connectivity index (χ4n) is 2.11. The minimum Gasteiger partial charge on any atom is -0.460 e. The number of urea groups is 1. The summed E-state index contributed by atoms with van der Waals surface area (Å²) in [4.78, 5) is 24.8. The van der Waals surface area contributed by atoms with Crippen LogP contribution in [0.15, 0.2) is 0 Å². The van der Waals surface area contributed by atoms with Crippen LogP contribution in [-0.2, 0) is 9.53 Å². The van der Waals surface area contributed by atoms with Gasteiger partial charge in [-0.1, -0.05) is 0 Å². The number of ether oxygens (including phenoxy) is 1. The maximum atomic E-state index is 11.7. The molecule has 0 aromatic rings. The van der Waals surface area contributed by atoms with E-state index in [1.54, 1.807) is 32.7 Å². The molecule has 1 fully saturated rings. The predicted molar refractivity (Wildman–Crippen MR) is 70.7 cm³/mol. The zero-order valence-electron chi connectivity index (χ0n) is 12.2. The molecule has 0 saturated carbocycles. The lowest BCUT2D eigenvalue weighted by Gasteiger charge is -2.37. The van der Waals surface area contributed by atoms with Gasteiger partial charge in [0.25, 0.3) is 0 Å². The summed E-state index contributed by atoms with van der Waals surface area (Å²) >= 11 is 0. The summed E-state index contributed by atoms with van der Waals surface area (Å²) in [5.74, 6) is -0.400. The highest BCUT2D eigenvalue weighted by Gasteiger charge is 2.36. The average molecular weight is 272 g/mol. The molecule has 110 valence electrons. The van der Waals surface area contributed by atoms with Crippen molar-refractivity contribution in [3.05, 3.63) is 0 Å². The van der Waals surface area contributed by atoms with Crippen molar-refractivity contribution in [2.24, 2.45) is 0 Å². The van der Waals surface area contributed by atoms with Crippen molar-refractivity contribution in [2.75, 3.05) is 20.1 Å². The van der Waals surface area contributed by atoms with Gasteiger partial charge < -0.3 is 20.1 Å². The van der Waals surface area contributed by atoms with E-state index in [0.29, 0.717) is 25.9 Å². The molecule has 0 radical (unpaired) electrons. The van der Waals surface area contributed by atoms with E-state index in [9.17, 15) is 14.7 Å². The normalized spacial score (nSPS) is 18.9. The lowest BCUT2D eigenvalue weighted by molar-refractivity contribution is -0.161. The van der Waals surface area contributed by atoms with Gasteiger partial charge in [-0.3, -0.25) is 4.79 Å². The van der Waals surface area contributed by atoms with Gasteiger partial charge in [0.1, 0.15) is 5.60 Å². The van der Waals surface area contributed by atoms with Gasteiger partial charge in [-0.2, -0.15) is 0 Å². The molecule has 1 aliphatic heterocycles. The second-order valence-electron chi connectivity index (χ2n) is 6.03. The molecule has 0 unspecified atom stereocenters. The van der Waals surface area contributed by atoms with Crippen LogP contribution in [0, 0.1) is 0 Å². The first-order valence-corrected chi connectivity index (χ1v) is 6.56. The SMILES string of the molecule is CNC(=O)N1CCC(O)(CC(=O)OC(C)(C)C)CC1. The third-order valence-corrected chi connectivity index (χ3v) is 3.09. The van der Waals surface area contributed by atoms with Crippen molar-refractivity contribution < 1.29 is 19.4 Å². The molecule has 1 saturated heterocycles. The number of hydrogen-bond donors (Lipinski definition) is 2. The Hall–Kier alpha value is -1.30. The monoisotopic (exact) mass is 272 g/mol. The molecule has 6 nitrogen and oxygen atoms in total. The van der Waals surface area contributed by atoms with Crippen LogP contribution in [0.1, 0.15) is 40.0 Å². The highest BCUT2D eigenvalue weighted by atomic mass is 16.6. The summed E-state index contributed by atoms with van der Waals surface area (Å²) in [6.07, 6.45) is 0.755. The fourth-order valence-corrected chi connectivity index (χ4v) is 2.11. The maximum Gasteiger partial charge on any atom is 0.317 e. The Morgan fingerprint density at radius 2 is 1.84 bits per heavy atom. The van der Waals surface area contributed by atoms with Crippen LogP contribution in [0.3, 0.4) is 0 Å². The van der Waals surface area contributed by atoms with Gasteiger partial charge in [0.15, 0.2) is 0 Å². The number of esters is 1. The second-order valence-corrected chi connectivity index (χ2v) is 6.03. The number of piperidine rings is 1. The molecular weight excluding hydrogens is 248 g/mol. The van der Waals surface area contributed by atoms with Gasteiger partial charge in [0, 0.05) is 20.1 Å². The summed E-state index contributed by atoms with van der Waals surface area (Å²) in [5.41, 5.74) is -1.61. The molecule has 2 N–H and O–H groups in total. The van der Waals surface area contributed by atoms with Gasteiger partial charge >= 0.3 is 12.0 Å². The lowest BCUT2D eigenvalue weighted by atomic mass is 9.88. The van der Waals surface area contributed by atoms with Crippen molar-refractivity contribution >= 4 is 12.0 Å². The number of carbonyl (C=O) groups is 2. The number of likely N-dealkylation sites (tertiary alicyclic amines) is 1. The fraction of sp³-hybridized carbons (Fsp3) is 0.846. The highest BCUT2D eigenvalue weighted by Crippen LogP contribution is 2.27. The Kier molecular flexibility index (Phi) is 4.79. The van der Waals surface area contributed by atoms with E-state index in [0.717, 1.165) is 0 Å². The van der Waals surface area contributed by atoms with Crippen LogP contribution < -0.4 is 5.32 Å². The summed E-state index contributed by atoms with van der Waals surface area (Å²) in [6.45, 7) is 6.27. The summed E-state index contributed by atoms with van der Waals surface area (Å²) in [5, 5.41) is 12.9. The molecule has 1 aliphatic rings. The summed E-state index contributed by atoms with van der Waals surface area (Å²) in [6, 6.07) is -0.153. The molecule has 0 atom stereocenters. The van der Waals surface area contributed by atoms with Crippen LogP contribution in [0.4, 0.5) is 4.79 Å². The van der Waals surface area contributed by atoms with E-state index >= 15 is 0 Å². The molecular formula is C13H24N2O4. The Bertz CT molecular complexity index is 341. The Morgan fingerprint density at radius 3 is 2.26 bits per heavy atom. The highest BCUT2D eigenvalue weighted by molar-refractivity contribution is 5.74. The summed E-state index contributed by atoms with van der Waals surface area (Å²) in [7, 11) is 1.57. The van der Waals surface area contributed by atoms with E-state index in [1.165, 1.54) is 0 Å². The molecule has 0 aromatic heterocycles. The van der Waals surface area contributed by atoms with Crippen LogP contribution in [0.25, 0.3) is 0 Å². The number of hydrogen-bond acceptors (Lipinski definition) is 4. The quantitative estimate of drug-likeness (QED) is 0.732. The minimum atomic E-state index is -1.06. The topological polar surface area (TPSA) is 78.9 Å². The minimum absolute atomic E-state index is 0.0220. The van der Waals surface area contributed by atoms with Crippen molar-refractivity contribution in [1.82, 2.24) is 10.2 Å². The zero-order chi connectivity index (χ0) is 14.7. The third-order valence-electron chi connectivity index (χ3n) is 3.09. The molecule has 0 bridgehead atoms. The van der Waals surface area contributed by atoms with Gasteiger partial charge in [-0.25, -0.2) is 4.79 Å². The van der Waals surface area contributed by atoms with Gasteiger partial charge in [-0.15, -0.1) is 0 Å². The van der Waals surface area contributed by atoms with Crippen LogP contribution in [0.5, 0.6) is 0 Å². The Balaban J connectivity index is 2.48. The van der Waals surface area contributed by atoms with Gasteiger partial charge in [-0.05, 0) is 33.6 Å². The van der Waals surface area contributed by atoms with Crippen molar-refractivity contribution in [1.29, 1.82) is 0 Å². The molecule has 1 rings (SSSR count). The molecule has 6 heteroatoms. The smallest absolute Gasteiger partial charge is 0.317 e.